The lowest BCUT2D eigenvalue weighted by Crippen LogP contribution is -2.31. The van der Waals surface area contributed by atoms with E-state index in [1.54, 1.807) is 6.20 Å². The van der Waals surface area contributed by atoms with Gasteiger partial charge >= 0.3 is 0 Å². The Morgan fingerprint density at radius 3 is 3.00 bits per heavy atom. The normalized spacial score (nSPS) is 16.2. The zero-order valence-corrected chi connectivity index (χ0v) is 9.43. The van der Waals surface area contributed by atoms with E-state index < -0.39 is 0 Å². The summed E-state index contributed by atoms with van der Waals surface area (Å²) < 4.78 is 0. The number of benzene rings is 1. The summed E-state index contributed by atoms with van der Waals surface area (Å²) in [5, 5.41) is 1.10. The number of aliphatic imine (C=N–C) groups is 1. The Bertz CT molecular complexity index is 572. The fraction of sp³-hybridized carbons (Fsp3) is 0.231. The third kappa shape index (κ3) is 2.12. The first-order valence-electron chi connectivity index (χ1n) is 5.76. The summed E-state index contributed by atoms with van der Waals surface area (Å²) in [6.45, 7) is 0. The minimum Gasteiger partial charge on any atom is -0.308 e. The topological polar surface area (TPSA) is 63.3 Å². The van der Waals surface area contributed by atoms with Gasteiger partial charge in [0.25, 0.3) is 0 Å². The molecule has 0 aliphatic heterocycles. The first-order chi connectivity index (χ1) is 8.36. The minimum absolute atomic E-state index is 0.450. The van der Waals surface area contributed by atoms with Crippen molar-refractivity contribution in [3.8, 4) is 0 Å². The Balaban J connectivity index is 2.04. The van der Waals surface area contributed by atoms with E-state index in [1.165, 1.54) is 12.8 Å². The van der Waals surface area contributed by atoms with Crippen molar-refractivity contribution in [3.63, 3.8) is 0 Å². The van der Waals surface area contributed by atoms with Crippen LogP contribution in [-0.4, -0.2) is 16.9 Å². The lowest BCUT2D eigenvalue weighted by Gasteiger charge is -2.06. The average molecular weight is 226 g/mol. The van der Waals surface area contributed by atoms with Crippen molar-refractivity contribution in [2.45, 2.75) is 18.9 Å². The van der Waals surface area contributed by atoms with Gasteiger partial charge < -0.3 is 5.43 Å². The number of fused-ring (bicyclic) bond motifs is 1. The first-order valence-corrected chi connectivity index (χ1v) is 5.76. The van der Waals surface area contributed by atoms with Crippen LogP contribution in [0.1, 0.15) is 18.4 Å². The number of aromatic nitrogens is 1. The number of rotatable bonds is 2. The molecule has 0 unspecified atom stereocenters. The van der Waals surface area contributed by atoms with Gasteiger partial charge in [-0.25, -0.2) is 5.84 Å². The highest BCUT2D eigenvalue weighted by atomic mass is 15.3. The molecule has 1 saturated carbocycles. The molecule has 17 heavy (non-hydrogen) atoms. The fourth-order valence-corrected chi connectivity index (χ4v) is 1.80. The van der Waals surface area contributed by atoms with E-state index in [-0.39, 0.29) is 0 Å². The molecule has 1 aromatic heterocycles. The quantitative estimate of drug-likeness (QED) is 0.354. The molecule has 1 heterocycles. The van der Waals surface area contributed by atoms with Crippen molar-refractivity contribution in [1.29, 1.82) is 0 Å². The molecule has 3 rings (SSSR count). The Hall–Kier alpha value is -1.94. The van der Waals surface area contributed by atoms with Crippen LogP contribution in [-0.2, 0) is 0 Å². The molecule has 4 nitrogen and oxygen atoms in total. The molecule has 4 heteroatoms. The average Bonchev–Trinajstić information content (AvgIpc) is 3.19. The number of nitrogens with two attached hydrogens (primary N) is 1. The molecule has 2 aromatic rings. The van der Waals surface area contributed by atoms with Gasteiger partial charge in [0, 0.05) is 17.1 Å². The predicted octanol–water partition coefficient (Wildman–Crippen LogP) is 1.61. The van der Waals surface area contributed by atoms with E-state index in [2.05, 4.69) is 21.5 Å². The zero-order chi connectivity index (χ0) is 11.7. The predicted molar refractivity (Wildman–Crippen MR) is 68.6 cm³/mol. The maximum Gasteiger partial charge on any atom is 0.142 e. The second kappa shape index (κ2) is 4.14. The molecule has 1 fully saturated rings. The third-order valence-corrected chi connectivity index (χ3v) is 2.87. The smallest absolute Gasteiger partial charge is 0.142 e. The Morgan fingerprint density at radius 2 is 2.24 bits per heavy atom. The van der Waals surface area contributed by atoms with Gasteiger partial charge in [0.1, 0.15) is 5.84 Å². The highest BCUT2D eigenvalue weighted by Gasteiger charge is 2.21. The maximum atomic E-state index is 5.53. The highest BCUT2D eigenvalue weighted by Crippen LogP contribution is 2.24. The van der Waals surface area contributed by atoms with E-state index in [1.807, 2.05) is 24.3 Å². The second-order valence-corrected chi connectivity index (χ2v) is 4.26. The summed E-state index contributed by atoms with van der Waals surface area (Å²) in [5.74, 6) is 6.29. The van der Waals surface area contributed by atoms with Gasteiger partial charge in [-0.15, -0.1) is 0 Å². The Kier molecular flexibility index (Phi) is 2.49. The van der Waals surface area contributed by atoms with Crippen LogP contribution in [0.4, 0.5) is 0 Å². The number of amidine groups is 1. The van der Waals surface area contributed by atoms with Crippen LogP contribution in [0, 0.1) is 0 Å². The van der Waals surface area contributed by atoms with E-state index >= 15 is 0 Å². The van der Waals surface area contributed by atoms with Crippen molar-refractivity contribution >= 4 is 16.7 Å². The molecule has 0 atom stereocenters. The lowest BCUT2D eigenvalue weighted by molar-refractivity contribution is 0.971. The highest BCUT2D eigenvalue weighted by molar-refractivity contribution is 6.01. The first kappa shape index (κ1) is 10.2. The van der Waals surface area contributed by atoms with Crippen LogP contribution in [0.2, 0.25) is 0 Å². The molecule has 1 aliphatic rings. The van der Waals surface area contributed by atoms with E-state index in [0.29, 0.717) is 6.04 Å². The zero-order valence-electron chi connectivity index (χ0n) is 9.43. The van der Waals surface area contributed by atoms with Gasteiger partial charge in [-0.05, 0) is 37.1 Å². The number of nitrogens with one attached hydrogen (secondary N) is 1. The summed E-state index contributed by atoms with van der Waals surface area (Å²) >= 11 is 0. The van der Waals surface area contributed by atoms with Gasteiger partial charge in [-0.3, -0.25) is 9.98 Å². The maximum absolute atomic E-state index is 5.53. The van der Waals surface area contributed by atoms with Crippen molar-refractivity contribution in [3.05, 3.63) is 42.1 Å². The van der Waals surface area contributed by atoms with Crippen molar-refractivity contribution in [2.75, 3.05) is 0 Å². The summed E-state index contributed by atoms with van der Waals surface area (Å²) in [7, 11) is 0. The summed E-state index contributed by atoms with van der Waals surface area (Å²) in [4.78, 5) is 8.83. The number of pyridine rings is 1. The van der Waals surface area contributed by atoms with Gasteiger partial charge in [-0.2, -0.15) is 0 Å². The third-order valence-electron chi connectivity index (χ3n) is 2.87. The van der Waals surface area contributed by atoms with Crippen LogP contribution in [0.5, 0.6) is 0 Å². The monoisotopic (exact) mass is 226 g/mol. The SMILES string of the molecule is NNC(=NC1CC1)c1ccc2ncccc2c1. The molecule has 3 N–H and O–H groups in total. The van der Waals surface area contributed by atoms with Gasteiger partial charge in [-0.1, -0.05) is 6.07 Å². The fourth-order valence-electron chi connectivity index (χ4n) is 1.80. The van der Waals surface area contributed by atoms with Crippen LogP contribution in [0.25, 0.3) is 10.9 Å². The Labute approximate surface area is 99.5 Å². The number of hydrogen-bond acceptors (Lipinski definition) is 3. The summed E-state index contributed by atoms with van der Waals surface area (Å²) in [6, 6.07) is 10.5. The van der Waals surface area contributed by atoms with Crippen LogP contribution in [0.15, 0.2) is 41.5 Å². The van der Waals surface area contributed by atoms with Crippen molar-refractivity contribution < 1.29 is 0 Å². The largest absolute Gasteiger partial charge is 0.308 e. The molecule has 1 aromatic carbocycles. The minimum atomic E-state index is 0.450. The van der Waals surface area contributed by atoms with Gasteiger partial charge in [0.05, 0.1) is 11.6 Å². The van der Waals surface area contributed by atoms with E-state index in [4.69, 9.17) is 5.84 Å². The van der Waals surface area contributed by atoms with Crippen molar-refractivity contribution in [1.82, 2.24) is 10.4 Å². The van der Waals surface area contributed by atoms with E-state index in [9.17, 15) is 0 Å². The lowest BCUT2D eigenvalue weighted by atomic mass is 10.1. The molecule has 0 spiro atoms. The van der Waals surface area contributed by atoms with Crippen LogP contribution in [0.3, 0.4) is 0 Å². The molecule has 0 amide bonds. The molecule has 1 aliphatic carbocycles. The molecule has 0 bridgehead atoms. The molecule has 86 valence electrons. The van der Waals surface area contributed by atoms with E-state index in [0.717, 1.165) is 22.3 Å². The number of nitrogens with zero attached hydrogens (tertiary/aromatic N) is 2. The summed E-state index contributed by atoms with van der Waals surface area (Å²) in [5.41, 5.74) is 4.68. The second-order valence-electron chi connectivity index (χ2n) is 4.26. The molecular weight excluding hydrogens is 212 g/mol. The number of hydrogen-bond donors (Lipinski definition) is 2. The molecular formula is C13H14N4. The standard InChI is InChI=1S/C13H14N4/c14-17-13(16-11-4-5-11)10-3-6-12-9(8-10)2-1-7-15-12/h1-3,6-8,11H,4-5,14H2,(H,16,17). The molecule has 0 saturated heterocycles. The summed E-state index contributed by atoms with van der Waals surface area (Å²) in [6.07, 6.45) is 4.13. The van der Waals surface area contributed by atoms with Crippen LogP contribution < -0.4 is 11.3 Å². The van der Waals surface area contributed by atoms with Crippen molar-refractivity contribution in [2.24, 2.45) is 10.8 Å². The number of hydrazine groups is 1. The molecule has 0 radical (unpaired) electrons. The van der Waals surface area contributed by atoms with Gasteiger partial charge in [0.15, 0.2) is 0 Å². The Morgan fingerprint density at radius 1 is 1.35 bits per heavy atom. The van der Waals surface area contributed by atoms with Crippen LogP contribution >= 0.6 is 0 Å². The van der Waals surface area contributed by atoms with Gasteiger partial charge in [0.2, 0.25) is 0 Å².